The molecule has 0 aliphatic carbocycles. The van der Waals surface area contributed by atoms with Gasteiger partial charge in [0.25, 0.3) is 0 Å². The van der Waals surface area contributed by atoms with E-state index in [1.807, 2.05) is 0 Å². The zero-order chi connectivity index (χ0) is 17.7. The Balaban J connectivity index is 1.92. The Morgan fingerprint density at radius 1 is 0.875 bits per heavy atom. The standard InChI is InChI=1S/C17H14F3NO3/c18-17(19,20)13-7-3-11(4-8-13)1-2-12-5-9-14(10-6-12)21-15(22)16(23)24/h3-10H,1-2H2,(H,21,22)(H,23,24). The summed E-state index contributed by atoms with van der Waals surface area (Å²) in [5.74, 6) is -2.69. The van der Waals surface area contributed by atoms with E-state index in [4.69, 9.17) is 5.11 Å². The molecule has 4 nitrogen and oxygen atoms in total. The maximum Gasteiger partial charge on any atom is 0.416 e. The molecule has 1 amide bonds. The van der Waals surface area contributed by atoms with Gasteiger partial charge in [-0.15, -0.1) is 0 Å². The third-order valence-electron chi connectivity index (χ3n) is 3.39. The molecule has 126 valence electrons. The van der Waals surface area contributed by atoms with Crippen LogP contribution in [-0.4, -0.2) is 17.0 Å². The van der Waals surface area contributed by atoms with Gasteiger partial charge in [-0.05, 0) is 48.2 Å². The molecule has 24 heavy (non-hydrogen) atoms. The number of carbonyl (C=O) groups excluding carboxylic acids is 1. The van der Waals surface area contributed by atoms with Crippen molar-refractivity contribution >= 4 is 17.6 Å². The van der Waals surface area contributed by atoms with Crippen LogP contribution in [0.3, 0.4) is 0 Å². The first kappa shape index (κ1) is 17.5. The predicted molar refractivity (Wildman–Crippen MR) is 81.6 cm³/mol. The summed E-state index contributed by atoms with van der Waals surface area (Å²) < 4.78 is 37.4. The summed E-state index contributed by atoms with van der Waals surface area (Å²) in [6, 6.07) is 11.6. The zero-order valence-electron chi connectivity index (χ0n) is 12.4. The summed E-state index contributed by atoms with van der Waals surface area (Å²) in [5.41, 5.74) is 1.39. The highest BCUT2D eigenvalue weighted by Crippen LogP contribution is 2.29. The number of carboxylic acids is 1. The van der Waals surface area contributed by atoms with Crippen LogP contribution in [0.1, 0.15) is 16.7 Å². The van der Waals surface area contributed by atoms with Gasteiger partial charge in [0.05, 0.1) is 5.56 Å². The number of hydrogen-bond donors (Lipinski definition) is 2. The number of nitrogens with one attached hydrogen (secondary N) is 1. The summed E-state index contributed by atoms with van der Waals surface area (Å²) in [5, 5.41) is 10.7. The first-order valence-electron chi connectivity index (χ1n) is 7.05. The smallest absolute Gasteiger partial charge is 0.416 e. The van der Waals surface area contributed by atoms with Crippen LogP contribution in [0.15, 0.2) is 48.5 Å². The Bertz CT molecular complexity index is 722. The van der Waals surface area contributed by atoms with E-state index in [-0.39, 0.29) is 0 Å². The van der Waals surface area contributed by atoms with Gasteiger partial charge in [-0.3, -0.25) is 4.79 Å². The van der Waals surface area contributed by atoms with Crippen molar-refractivity contribution in [3.63, 3.8) is 0 Å². The van der Waals surface area contributed by atoms with E-state index in [1.165, 1.54) is 12.1 Å². The number of aryl methyl sites for hydroxylation is 2. The lowest BCUT2D eigenvalue weighted by Crippen LogP contribution is -2.21. The molecule has 2 aromatic rings. The molecule has 0 heterocycles. The van der Waals surface area contributed by atoms with Crippen LogP contribution in [-0.2, 0) is 28.6 Å². The van der Waals surface area contributed by atoms with Gasteiger partial charge in [-0.1, -0.05) is 24.3 Å². The number of anilines is 1. The Hall–Kier alpha value is -2.83. The molecule has 7 heteroatoms. The molecule has 0 spiro atoms. The summed E-state index contributed by atoms with van der Waals surface area (Å²) >= 11 is 0. The molecular formula is C17H14F3NO3. The quantitative estimate of drug-likeness (QED) is 0.839. The van der Waals surface area contributed by atoms with Gasteiger partial charge in [0, 0.05) is 5.69 Å². The van der Waals surface area contributed by atoms with Crippen LogP contribution in [0, 0.1) is 0 Å². The number of halogens is 3. The molecule has 0 atom stereocenters. The van der Waals surface area contributed by atoms with Gasteiger partial charge in [-0.2, -0.15) is 13.2 Å². The van der Waals surface area contributed by atoms with E-state index in [2.05, 4.69) is 5.32 Å². The second kappa shape index (κ2) is 7.16. The molecule has 0 aromatic heterocycles. The molecule has 0 bridgehead atoms. The molecule has 0 fully saturated rings. The minimum Gasteiger partial charge on any atom is -0.474 e. The molecule has 0 aliphatic rings. The van der Waals surface area contributed by atoms with Crippen LogP contribution in [0.25, 0.3) is 0 Å². The largest absolute Gasteiger partial charge is 0.474 e. The van der Waals surface area contributed by atoms with Gasteiger partial charge in [0.2, 0.25) is 0 Å². The van der Waals surface area contributed by atoms with Gasteiger partial charge >= 0.3 is 18.1 Å². The second-order valence-electron chi connectivity index (χ2n) is 5.15. The first-order chi connectivity index (χ1) is 11.3. The lowest BCUT2D eigenvalue weighted by Gasteiger charge is -2.08. The SMILES string of the molecule is O=C(O)C(=O)Nc1ccc(CCc2ccc(C(F)(F)F)cc2)cc1. The fourth-order valence-electron chi connectivity index (χ4n) is 2.09. The highest BCUT2D eigenvalue weighted by molar-refractivity contribution is 6.36. The number of benzene rings is 2. The van der Waals surface area contributed by atoms with Gasteiger partial charge in [0.15, 0.2) is 0 Å². The summed E-state index contributed by atoms with van der Waals surface area (Å²) in [4.78, 5) is 21.4. The number of hydrogen-bond acceptors (Lipinski definition) is 2. The molecule has 2 rings (SSSR count). The fourth-order valence-corrected chi connectivity index (χ4v) is 2.09. The van der Waals surface area contributed by atoms with Crippen molar-refractivity contribution in [2.24, 2.45) is 0 Å². The highest BCUT2D eigenvalue weighted by atomic mass is 19.4. The third kappa shape index (κ3) is 4.84. The van der Waals surface area contributed by atoms with Crippen molar-refractivity contribution in [2.75, 3.05) is 5.32 Å². The maximum atomic E-state index is 12.5. The van der Waals surface area contributed by atoms with Crippen LogP contribution in [0.5, 0.6) is 0 Å². The first-order valence-corrected chi connectivity index (χ1v) is 7.05. The molecular weight excluding hydrogens is 323 g/mol. The lowest BCUT2D eigenvalue weighted by molar-refractivity contribution is -0.147. The zero-order valence-corrected chi connectivity index (χ0v) is 12.4. The number of amides is 1. The average Bonchev–Trinajstić information content (AvgIpc) is 2.53. The summed E-state index contributed by atoms with van der Waals surface area (Å²) in [6.07, 6.45) is -3.16. The van der Waals surface area contributed by atoms with Crippen molar-refractivity contribution in [1.82, 2.24) is 0 Å². The molecule has 0 aliphatic heterocycles. The molecule has 0 saturated heterocycles. The van der Waals surface area contributed by atoms with Crippen molar-refractivity contribution in [3.8, 4) is 0 Å². The Labute approximate surface area is 135 Å². The van der Waals surface area contributed by atoms with E-state index in [0.29, 0.717) is 18.5 Å². The molecule has 2 N–H and O–H groups in total. The van der Waals surface area contributed by atoms with Crippen molar-refractivity contribution in [3.05, 3.63) is 65.2 Å². The number of rotatable bonds is 4. The Morgan fingerprint density at radius 3 is 1.75 bits per heavy atom. The molecule has 0 radical (unpaired) electrons. The average molecular weight is 337 g/mol. The minimum atomic E-state index is -4.34. The molecule has 0 saturated carbocycles. The number of alkyl halides is 3. The van der Waals surface area contributed by atoms with Gasteiger partial charge in [0.1, 0.15) is 0 Å². The number of carboxylic acid groups (broad SMARTS) is 1. The fraction of sp³-hybridized carbons (Fsp3) is 0.176. The van der Waals surface area contributed by atoms with Gasteiger partial charge < -0.3 is 10.4 Å². The topological polar surface area (TPSA) is 66.4 Å². The monoisotopic (exact) mass is 337 g/mol. The predicted octanol–water partition coefficient (Wildman–Crippen LogP) is 3.51. The van der Waals surface area contributed by atoms with E-state index < -0.39 is 23.6 Å². The van der Waals surface area contributed by atoms with Crippen LogP contribution in [0.4, 0.5) is 18.9 Å². The van der Waals surface area contributed by atoms with Crippen LogP contribution >= 0.6 is 0 Å². The summed E-state index contributed by atoms with van der Waals surface area (Å²) in [7, 11) is 0. The summed E-state index contributed by atoms with van der Waals surface area (Å²) in [6.45, 7) is 0. The number of carbonyl (C=O) groups is 2. The van der Waals surface area contributed by atoms with Crippen molar-refractivity contribution in [1.29, 1.82) is 0 Å². The second-order valence-corrected chi connectivity index (χ2v) is 5.15. The minimum absolute atomic E-state index is 0.362. The normalized spacial score (nSPS) is 11.1. The number of aliphatic carboxylic acids is 1. The Morgan fingerprint density at radius 2 is 1.33 bits per heavy atom. The molecule has 2 aromatic carbocycles. The lowest BCUT2D eigenvalue weighted by atomic mass is 10.0. The molecule has 0 unspecified atom stereocenters. The van der Waals surface area contributed by atoms with Crippen molar-refractivity contribution in [2.45, 2.75) is 19.0 Å². The van der Waals surface area contributed by atoms with E-state index >= 15 is 0 Å². The van der Waals surface area contributed by atoms with Crippen LogP contribution in [0.2, 0.25) is 0 Å². The van der Waals surface area contributed by atoms with E-state index in [1.54, 1.807) is 24.3 Å². The maximum absolute atomic E-state index is 12.5. The van der Waals surface area contributed by atoms with Gasteiger partial charge in [-0.25, -0.2) is 4.79 Å². The highest BCUT2D eigenvalue weighted by Gasteiger charge is 2.29. The van der Waals surface area contributed by atoms with Crippen LogP contribution < -0.4 is 5.32 Å². The van der Waals surface area contributed by atoms with Crippen molar-refractivity contribution < 1.29 is 27.9 Å². The Kier molecular flexibility index (Phi) is 5.23. The van der Waals surface area contributed by atoms with E-state index in [9.17, 15) is 22.8 Å². The third-order valence-corrected chi connectivity index (χ3v) is 3.39. The van der Waals surface area contributed by atoms with E-state index in [0.717, 1.165) is 23.3 Å².